The molecule has 0 radical (unpaired) electrons. The molecule has 1 nitrogen and oxygen atoms in total. The number of benzene rings is 2. The number of rotatable bonds is 2. The summed E-state index contributed by atoms with van der Waals surface area (Å²) in [4.78, 5) is 0. The van der Waals surface area contributed by atoms with Crippen molar-refractivity contribution < 1.29 is 4.42 Å². The summed E-state index contributed by atoms with van der Waals surface area (Å²) in [5, 5.41) is 1.18. The van der Waals surface area contributed by atoms with E-state index in [2.05, 4.69) is 85.8 Å². The molecule has 4 aliphatic rings. The predicted octanol–water partition coefficient (Wildman–Crippen LogP) is 8.24. The normalized spacial score (nSPS) is 23.3. The van der Waals surface area contributed by atoms with Crippen molar-refractivity contribution in [1.29, 1.82) is 0 Å². The van der Waals surface area contributed by atoms with E-state index in [1.807, 2.05) is 0 Å². The molecule has 1 heterocycles. The van der Waals surface area contributed by atoms with E-state index in [9.17, 15) is 0 Å². The molecule has 1 aromatic heterocycles. The smallest absolute Gasteiger partial charge is 0.135 e. The fourth-order valence-electron chi connectivity index (χ4n) is 6.11. The van der Waals surface area contributed by atoms with Gasteiger partial charge in [-0.25, -0.2) is 0 Å². The van der Waals surface area contributed by atoms with Gasteiger partial charge in [0.15, 0.2) is 0 Å². The Labute approximate surface area is 189 Å². The monoisotopic (exact) mass is 414 g/mol. The molecular formula is C31H26O. The Hall–Kier alpha value is -3.32. The van der Waals surface area contributed by atoms with Gasteiger partial charge in [0.1, 0.15) is 11.3 Å². The summed E-state index contributed by atoms with van der Waals surface area (Å²) in [6, 6.07) is 15.3. The van der Waals surface area contributed by atoms with E-state index >= 15 is 0 Å². The Morgan fingerprint density at radius 2 is 1.91 bits per heavy atom. The van der Waals surface area contributed by atoms with Crippen molar-refractivity contribution in [1.82, 2.24) is 0 Å². The molecule has 4 aliphatic carbocycles. The Kier molecular flexibility index (Phi) is 3.90. The van der Waals surface area contributed by atoms with Gasteiger partial charge in [-0.1, -0.05) is 73.7 Å². The molecule has 0 saturated heterocycles. The predicted molar refractivity (Wildman–Crippen MR) is 134 cm³/mol. The van der Waals surface area contributed by atoms with E-state index < -0.39 is 0 Å². The lowest BCUT2D eigenvalue weighted by molar-refractivity contribution is 0.597. The van der Waals surface area contributed by atoms with E-state index in [1.54, 1.807) is 5.57 Å². The van der Waals surface area contributed by atoms with Crippen molar-refractivity contribution in [2.24, 2.45) is 11.8 Å². The van der Waals surface area contributed by atoms with Crippen LogP contribution in [-0.4, -0.2) is 0 Å². The van der Waals surface area contributed by atoms with Crippen LogP contribution in [0.3, 0.4) is 0 Å². The number of furan rings is 1. The summed E-state index contributed by atoms with van der Waals surface area (Å²) in [5.74, 6) is 2.11. The molecule has 2 aromatic carbocycles. The van der Waals surface area contributed by atoms with Gasteiger partial charge >= 0.3 is 0 Å². The fourth-order valence-corrected chi connectivity index (χ4v) is 6.11. The van der Waals surface area contributed by atoms with Crippen LogP contribution in [0.5, 0.6) is 0 Å². The Bertz CT molecular complexity index is 1400. The van der Waals surface area contributed by atoms with Gasteiger partial charge < -0.3 is 4.42 Å². The second kappa shape index (κ2) is 6.84. The zero-order valence-electron chi connectivity index (χ0n) is 18.4. The van der Waals surface area contributed by atoms with Gasteiger partial charge in [-0.15, -0.1) is 0 Å². The average molecular weight is 415 g/mol. The lowest BCUT2D eigenvalue weighted by Crippen LogP contribution is -2.19. The first-order valence-corrected chi connectivity index (χ1v) is 11.9. The lowest BCUT2D eigenvalue weighted by atomic mass is 9.68. The Balaban J connectivity index is 1.42. The molecule has 7 rings (SSSR count). The summed E-state index contributed by atoms with van der Waals surface area (Å²) in [5.41, 5.74) is 12.5. The first kappa shape index (κ1) is 18.3. The zero-order valence-corrected chi connectivity index (χ0v) is 18.4. The van der Waals surface area contributed by atoms with E-state index in [-0.39, 0.29) is 0 Å². The van der Waals surface area contributed by atoms with Gasteiger partial charge in [-0.3, -0.25) is 0 Å². The maximum absolute atomic E-state index is 6.32. The van der Waals surface area contributed by atoms with Crippen LogP contribution in [-0.2, 0) is 6.42 Å². The number of para-hydroxylation sites is 1. The zero-order chi connectivity index (χ0) is 21.2. The largest absolute Gasteiger partial charge is 0.456 e. The quantitative estimate of drug-likeness (QED) is 0.411. The number of allylic oxidation sites excluding steroid dienone is 9. The number of aryl methyl sites for hydroxylation is 1. The Morgan fingerprint density at radius 1 is 0.969 bits per heavy atom. The van der Waals surface area contributed by atoms with Crippen LogP contribution in [0.2, 0.25) is 0 Å². The van der Waals surface area contributed by atoms with Crippen molar-refractivity contribution in [2.75, 3.05) is 0 Å². The molecule has 2 atom stereocenters. The van der Waals surface area contributed by atoms with Crippen molar-refractivity contribution in [2.45, 2.75) is 32.6 Å². The standard InChI is InChI=1S/C31H26O/c1-19-5-4-7-22(17-19)24-13-9-20-12-16-27-25(29-18-23-6-2-3-8-28(23)32-29)14-10-21-11-15-26(24)30(20)31(21)27/h2-4,6-9,11,13-15,17-19,21H,5,10,12,16H2,1H3. The van der Waals surface area contributed by atoms with Crippen LogP contribution in [0.15, 0.2) is 82.8 Å². The number of fused-ring (bicyclic) bond motifs is 1. The highest BCUT2D eigenvalue weighted by atomic mass is 16.3. The molecule has 156 valence electrons. The molecule has 0 fully saturated rings. The summed E-state index contributed by atoms with van der Waals surface area (Å²) < 4.78 is 6.32. The molecule has 0 amide bonds. The third-order valence-corrected chi connectivity index (χ3v) is 7.61. The highest BCUT2D eigenvalue weighted by molar-refractivity contribution is 6.00. The average Bonchev–Trinajstić information content (AvgIpc) is 3.26. The van der Waals surface area contributed by atoms with Gasteiger partial charge in [0.05, 0.1) is 0 Å². The molecule has 0 saturated carbocycles. The van der Waals surface area contributed by atoms with E-state index in [4.69, 9.17) is 4.42 Å². The molecule has 0 spiro atoms. The second-order valence-electron chi connectivity index (χ2n) is 9.66. The third kappa shape index (κ3) is 2.64. The molecule has 0 aliphatic heterocycles. The van der Waals surface area contributed by atoms with Crippen LogP contribution in [0.25, 0.3) is 33.8 Å². The van der Waals surface area contributed by atoms with Crippen LogP contribution in [0.1, 0.15) is 54.2 Å². The van der Waals surface area contributed by atoms with Gasteiger partial charge in [0.2, 0.25) is 0 Å². The molecule has 32 heavy (non-hydrogen) atoms. The van der Waals surface area contributed by atoms with Crippen molar-refractivity contribution in [3.05, 3.63) is 106 Å². The summed E-state index contributed by atoms with van der Waals surface area (Å²) >= 11 is 0. The molecule has 1 heteroatoms. The molecule has 3 aromatic rings. The maximum Gasteiger partial charge on any atom is 0.135 e. The van der Waals surface area contributed by atoms with Crippen LogP contribution >= 0.6 is 0 Å². The Morgan fingerprint density at radius 3 is 2.81 bits per heavy atom. The second-order valence-corrected chi connectivity index (χ2v) is 9.66. The number of hydrogen-bond donors (Lipinski definition) is 0. The van der Waals surface area contributed by atoms with Gasteiger partial charge in [0, 0.05) is 16.9 Å². The van der Waals surface area contributed by atoms with E-state index in [0.29, 0.717) is 11.8 Å². The third-order valence-electron chi connectivity index (χ3n) is 7.61. The van der Waals surface area contributed by atoms with Crippen molar-refractivity contribution in [3.8, 4) is 0 Å². The van der Waals surface area contributed by atoms with Gasteiger partial charge in [0.25, 0.3) is 0 Å². The van der Waals surface area contributed by atoms with E-state index in [1.165, 1.54) is 44.4 Å². The number of hydrogen-bond acceptors (Lipinski definition) is 1. The summed E-state index contributed by atoms with van der Waals surface area (Å²) in [7, 11) is 0. The summed E-state index contributed by atoms with van der Waals surface area (Å²) in [6.07, 6.45) is 18.7. The van der Waals surface area contributed by atoms with Crippen molar-refractivity contribution >= 4 is 33.8 Å². The molecular weight excluding hydrogens is 388 g/mol. The van der Waals surface area contributed by atoms with E-state index in [0.717, 1.165) is 37.0 Å². The lowest BCUT2D eigenvalue weighted by Gasteiger charge is -2.36. The minimum atomic E-state index is 0.481. The van der Waals surface area contributed by atoms with Crippen LogP contribution in [0.4, 0.5) is 0 Å². The SMILES string of the molecule is CC1C=C(c2ccc3c4c2C=CC2CC=C(c5cc6ccccc6o5)C(=C42)CC3)C=CC1. The highest BCUT2D eigenvalue weighted by Gasteiger charge is 2.34. The topological polar surface area (TPSA) is 13.1 Å². The molecule has 0 bridgehead atoms. The molecule has 2 unspecified atom stereocenters. The van der Waals surface area contributed by atoms with Crippen LogP contribution in [0, 0.1) is 11.8 Å². The van der Waals surface area contributed by atoms with Gasteiger partial charge in [-0.05, 0) is 82.7 Å². The van der Waals surface area contributed by atoms with Crippen LogP contribution < -0.4 is 0 Å². The minimum Gasteiger partial charge on any atom is -0.456 e. The molecule has 0 N–H and O–H groups in total. The van der Waals surface area contributed by atoms with Crippen molar-refractivity contribution in [3.63, 3.8) is 0 Å². The highest BCUT2D eigenvalue weighted by Crippen LogP contribution is 2.51. The van der Waals surface area contributed by atoms with Gasteiger partial charge in [-0.2, -0.15) is 0 Å². The fraction of sp³-hybridized carbons (Fsp3) is 0.226. The summed E-state index contributed by atoms with van der Waals surface area (Å²) in [6.45, 7) is 2.31. The first-order valence-electron chi connectivity index (χ1n) is 11.9. The minimum absolute atomic E-state index is 0.481. The first-order chi connectivity index (χ1) is 15.8. The maximum atomic E-state index is 6.32.